The van der Waals surface area contributed by atoms with Gasteiger partial charge in [0.25, 0.3) is 0 Å². The van der Waals surface area contributed by atoms with Crippen LogP contribution in [0.2, 0.25) is 0 Å². The summed E-state index contributed by atoms with van der Waals surface area (Å²) in [7, 11) is 0. The number of halogens is 1. The number of nitrogens with zero attached hydrogens (tertiary/aromatic N) is 3. The predicted octanol–water partition coefficient (Wildman–Crippen LogP) is 4.60. The first kappa shape index (κ1) is 38.8. The smallest absolute Gasteiger partial charge is 0.321 e. The van der Waals surface area contributed by atoms with Gasteiger partial charge in [0.1, 0.15) is 54.5 Å². The quantitative estimate of drug-likeness (QED) is 0.0653. The molecule has 2 aromatic rings. The molecule has 0 N–H and O–H groups in total. The van der Waals surface area contributed by atoms with E-state index in [4.69, 9.17) is 54.2 Å². The fraction of sp³-hybridized carbons (Fsp3) is 0.559. The Bertz CT molecular complexity index is 1510. The molecule has 3 saturated heterocycles. The summed E-state index contributed by atoms with van der Waals surface area (Å²) in [4.78, 5) is 40.3. The predicted molar refractivity (Wildman–Crippen MR) is 181 cm³/mol. The highest BCUT2D eigenvalue weighted by molar-refractivity contribution is 7.99. The van der Waals surface area contributed by atoms with E-state index in [1.807, 2.05) is 67.6 Å². The lowest BCUT2D eigenvalue weighted by Crippen LogP contribution is -2.66. The van der Waals surface area contributed by atoms with E-state index in [-0.39, 0.29) is 19.8 Å². The van der Waals surface area contributed by atoms with Gasteiger partial charge in [-0.05, 0) is 16.8 Å². The van der Waals surface area contributed by atoms with Gasteiger partial charge in [-0.25, -0.2) is 0 Å². The van der Waals surface area contributed by atoms with Gasteiger partial charge in [0.2, 0.25) is 0 Å². The number of benzene rings is 2. The standard InChI is InChI=1S/C34H40ClN3O12S/c1-4-51-34-26(37-38-36)29(27-24(47-34)18-44-32(49-27)22-13-9-6-10-14-22)50-33-31(48-25(41)15-35)30(43-16-21-11-7-5-8-12-21)28(45-20(3)40)23(46-33)17-42-19(2)39/h5-14,23-24,26-34H,4,15-18H2,1-3H3/t23-,24-,26-,27-,28+,29-,30+,31-,32?,33+,34+/m1/s1. The van der Waals surface area contributed by atoms with Crippen LogP contribution in [0.4, 0.5) is 0 Å². The van der Waals surface area contributed by atoms with E-state index in [1.54, 1.807) is 0 Å². The van der Waals surface area contributed by atoms with Crippen LogP contribution in [0.25, 0.3) is 10.4 Å². The molecule has 1 unspecified atom stereocenters. The Morgan fingerprint density at radius 1 is 0.941 bits per heavy atom. The molecule has 0 saturated carbocycles. The zero-order chi connectivity index (χ0) is 36.3. The van der Waals surface area contributed by atoms with Crippen molar-refractivity contribution in [3.63, 3.8) is 0 Å². The molecule has 15 nitrogen and oxygen atoms in total. The van der Waals surface area contributed by atoms with Crippen LogP contribution < -0.4 is 0 Å². The van der Waals surface area contributed by atoms with Crippen LogP contribution >= 0.6 is 23.4 Å². The number of fused-ring (bicyclic) bond motifs is 1. The molecule has 2 aromatic carbocycles. The van der Waals surface area contributed by atoms with E-state index >= 15 is 0 Å². The molecule has 3 aliphatic rings. The van der Waals surface area contributed by atoms with Crippen molar-refractivity contribution in [3.05, 3.63) is 82.2 Å². The maximum Gasteiger partial charge on any atom is 0.321 e. The Balaban J connectivity index is 1.55. The van der Waals surface area contributed by atoms with E-state index < -0.39 is 90.6 Å². The van der Waals surface area contributed by atoms with Gasteiger partial charge in [0, 0.05) is 24.3 Å². The highest BCUT2D eigenvalue weighted by Crippen LogP contribution is 2.41. The first-order valence-corrected chi connectivity index (χ1v) is 18.0. The molecule has 0 aromatic heterocycles. The minimum Gasteiger partial charge on any atom is -0.463 e. The van der Waals surface area contributed by atoms with Crippen molar-refractivity contribution in [2.75, 3.05) is 24.8 Å². The molecule has 0 spiro atoms. The molecule has 3 aliphatic heterocycles. The monoisotopic (exact) mass is 749 g/mol. The fourth-order valence-electron chi connectivity index (χ4n) is 6.05. The first-order chi connectivity index (χ1) is 24.7. The number of carbonyl (C=O) groups is 3. The van der Waals surface area contributed by atoms with Gasteiger partial charge in [0.05, 0.1) is 13.2 Å². The number of thioether (sulfide) groups is 1. The molecule has 3 fully saturated rings. The van der Waals surface area contributed by atoms with Gasteiger partial charge in [-0.1, -0.05) is 72.7 Å². The van der Waals surface area contributed by atoms with E-state index in [1.165, 1.54) is 25.6 Å². The summed E-state index contributed by atoms with van der Waals surface area (Å²) in [5.41, 5.74) is 10.5. The maximum absolute atomic E-state index is 12.9. The Kier molecular flexibility index (Phi) is 14.4. The summed E-state index contributed by atoms with van der Waals surface area (Å²) in [6, 6.07) is 17.4. The Morgan fingerprint density at radius 3 is 2.31 bits per heavy atom. The van der Waals surface area contributed by atoms with Gasteiger partial charge < -0.3 is 42.6 Å². The molecule has 276 valence electrons. The average molecular weight is 750 g/mol. The average Bonchev–Trinajstić information content (AvgIpc) is 3.13. The second kappa shape index (κ2) is 18.9. The molecule has 3 heterocycles. The number of ether oxygens (including phenoxy) is 9. The topological polar surface area (TPSA) is 183 Å². The highest BCUT2D eigenvalue weighted by atomic mass is 35.5. The number of hydrogen-bond donors (Lipinski definition) is 0. The lowest BCUT2D eigenvalue weighted by atomic mass is 9.95. The molecule has 5 rings (SSSR count). The van der Waals surface area contributed by atoms with E-state index in [0.29, 0.717) is 5.75 Å². The number of alkyl halides is 1. The zero-order valence-corrected chi connectivity index (χ0v) is 29.8. The largest absolute Gasteiger partial charge is 0.463 e. The summed E-state index contributed by atoms with van der Waals surface area (Å²) in [5.74, 6) is -2.06. The molecule has 17 heteroatoms. The molecule has 0 bridgehead atoms. The van der Waals surface area contributed by atoms with Crippen molar-refractivity contribution in [2.45, 2.75) is 94.2 Å². The second-order valence-corrected chi connectivity index (χ2v) is 13.4. The number of rotatable bonds is 14. The van der Waals surface area contributed by atoms with E-state index in [2.05, 4.69) is 10.0 Å². The minimum atomic E-state index is -1.47. The van der Waals surface area contributed by atoms with E-state index in [9.17, 15) is 19.9 Å². The maximum atomic E-state index is 12.9. The fourth-order valence-corrected chi connectivity index (χ4v) is 7.07. The van der Waals surface area contributed by atoms with Crippen molar-refractivity contribution in [1.29, 1.82) is 0 Å². The summed E-state index contributed by atoms with van der Waals surface area (Å²) in [6.07, 6.45) is -9.88. The third-order valence-corrected chi connectivity index (χ3v) is 9.46. The molecule has 0 radical (unpaired) electrons. The Labute approximate surface area is 304 Å². The Hall–Kier alpha value is -3.44. The van der Waals surface area contributed by atoms with Crippen molar-refractivity contribution in [1.82, 2.24) is 0 Å². The second-order valence-electron chi connectivity index (χ2n) is 11.7. The lowest BCUT2D eigenvalue weighted by molar-refractivity contribution is -0.358. The number of carbonyl (C=O) groups excluding carboxylic acids is 3. The number of esters is 3. The third kappa shape index (κ3) is 10.1. The lowest BCUT2D eigenvalue weighted by Gasteiger charge is -2.51. The van der Waals surface area contributed by atoms with Crippen molar-refractivity contribution >= 4 is 41.3 Å². The molecular weight excluding hydrogens is 710 g/mol. The SMILES string of the molecule is CCS[C@@H]1O[C@@H]2COC(c3ccccc3)O[C@H]2[C@H](O[C@@H]2O[C@H](COC(C)=O)[C@H](OC(C)=O)[C@H](OCc3ccccc3)[C@H]2OC(=O)CCl)[C@H]1N=[N+]=[N-]. The van der Waals surface area contributed by atoms with Crippen LogP contribution in [0.5, 0.6) is 0 Å². The zero-order valence-electron chi connectivity index (χ0n) is 28.2. The van der Waals surface area contributed by atoms with E-state index in [0.717, 1.165) is 11.1 Å². The van der Waals surface area contributed by atoms with Crippen LogP contribution in [0.1, 0.15) is 38.2 Å². The number of azide groups is 1. The number of hydrogen-bond acceptors (Lipinski definition) is 14. The molecule has 0 amide bonds. The van der Waals surface area contributed by atoms with Gasteiger partial charge in [-0.2, -0.15) is 0 Å². The summed E-state index contributed by atoms with van der Waals surface area (Å²) >= 11 is 7.30. The summed E-state index contributed by atoms with van der Waals surface area (Å²) in [5, 5.41) is 4.08. The first-order valence-electron chi connectivity index (χ1n) is 16.4. The molecule has 0 aliphatic carbocycles. The van der Waals surface area contributed by atoms with Crippen LogP contribution in [-0.4, -0.2) is 103 Å². The molecule has 51 heavy (non-hydrogen) atoms. The van der Waals surface area contributed by atoms with Crippen LogP contribution in [0.3, 0.4) is 0 Å². The van der Waals surface area contributed by atoms with Crippen molar-refractivity contribution in [2.24, 2.45) is 5.11 Å². The normalized spacial score (nSPS) is 31.7. The van der Waals surface area contributed by atoms with Crippen LogP contribution in [0, 0.1) is 0 Å². The minimum absolute atomic E-state index is 0.00292. The van der Waals surface area contributed by atoms with Gasteiger partial charge in [-0.3, -0.25) is 14.4 Å². The van der Waals surface area contributed by atoms with Crippen molar-refractivity contribution in [3.8, 4) is 0 Å². The summed E-state index contributed by atoms with van der Waals surface area (Å²) in [6.45, 7) is 4.10. The van der Waals surface area contributed by atoms with Crippen LogP contribution in [-0.2, 0) is 63.6 Å². The summed E-state index contributed by atoms with van der Waals surface area (Å²) < 4.78 is 55.1. The third-order valence-electron chi connectivity index (χ3n) is 8.19. The highest BCUT2D eigenvalue weighted by Gasteiger charge is 2.56. The van der Waals surface area contributed by atoms with Crippen molar-refractivity contribution < 1.29 is 57.0 Å². The van der Waals surface area contributed by atoms with Gasteiger partial charge in [0.15, 0.2) is 24.8 Å². The van der Waals surface area contributed by atoms with Gasteiger partial charge in [-0.15, -0.1) is 23.4 Å². The molecular formula is C34H40ClN3O12S. The van der Waals surface area contributed by atoms with Crippen LogP contribution in [0.15, 0.2) is 65.8 Å². The van der Waals surface area contributed by atoms with Gasteiger partial charge >= 0.3 is 17.9 Å². The molecule has 11 atom stereocenters. The Morgan fingerprint density at radius 2 is 1.67 bits per heavy atom.